The Hall–Kier alpha value is -9.32. The molecular weight excluding hydrogens is 845 g/mol. The lowest BCUT2D eigenvalue weighted by Gasteiger charge is -2.31. The summed E-state index contributed by atoms with van der Waals surface area (Å²) >= 11 is 0. The predicted octanol–water partition coefficient (Wildman–Crippen LogP) is 18.7. The minimum atomic E-state index is 0.754. The van der Waals surface area contributed by atoms with Gasteiger partial charge in [-0.2, -0.15) is 0 Å². The summed E-state index contributed by atoms with van der Waals surface area (Å²) < 4.78 is 20.9. The van der Waals surface area contributed by atoms with Crippen LogP contribution in [-0.2, 0) is 0 Å². The molecule has 5 heteroatoms. The fourth-order valence-corrected chi connectivity index (χ4v) is 10.4. The summed E-state index contributed by atoms with van der Waals surface area (Å²) in [5.41, 5.74) is 15.7. The summed E-state index contributed by atoms with van der Waals surface area (Å²) in [5, 5.41) is 6.42. The van der Waals surface area contributed by atoms with Gasteiger partial charge in [0.15, 0.2) is 16.9 Å². The van der Waals surface area contributed by atoms with E-state index in [0.29, 0.717) is 0 Å². The summed E-state index contributed by atoms with van der Waals surface area (Å²) in [6.07, 6.45) is 0. The highest BCUT2D eigenvalue weighted by Crippen LogP contribution is 2.55. The maximum Gasteiger partial charge on any atom is 0.159 e. The van der Waals surface area contributed by atoms with Crippen LogP contribution in [0.2, 0.25) is 0 Å². The Balaban J connectivity index is 0.960. The standard InChI is InChI=1S/C64H40N2O3/c1-3-14-41(15-4-1)43-28-33-46(34-29-43)65(55-24-12-22-53-49-19-7-9-26-58(49)67-62(53)55)48-37-38-51-52-21-11-18-45-32-39-57(64(61(45)52)69-60(51)40-48)66(47-35-30-44(31-36-47)42-16-5-2-6-17-42)56-25-13-23-54-50-20-8-10-27-59(50)68-63(54)56/h1-40H. The van der Waals surface area contributed by atoms with Crippen LogP contribution >= 0.6 is 0 Å². The fourth-order valence-electron chi connectivity index (χ4n) is 10.4. The molecule has 5 nitrogen and oxygen atoms in total. The second kappa shape index (κ2) is 15.7. The van der Waals surface area contributed by atoms with Gasteiger partial charge < -0.3 is 23.4 Å². The quantitative estimate of drug-likeness (QED) is 0.152. The predicted molar refractivity (Wildman–Crippen MR) is 284 cm³/mol. The molecule has 0 fully saturated rings. The molecule has 0 aliphatic carbocycles. The van der Waals surface area contributed by atoms with Gasteiger partial charge in [0, 0.05) is 49.9 Å². The number of para-hydroxylation sites is 4. The first-order valence-electron chi connectivity index (χ1n) is 23.3. The molecule has 0 N–H and O–H groups in total. The Kier molecular flexibility index (Phi) is 8.83. The first-order valence-corrected chi connectivity index (χ1v) is 23.3. The van der Waals surface area contributed by atoms with Crippen molar-refractivity contribution in [3.63, 3.8) is 0 Å². The van der Waals surface area contributed by atoms with Gasteiger partial charge in [0.1, 0.15) is 16.9 Å². The highest BCUT2D eigenvalue weighted by molar-refractivity contribution is 6.14. The highest BCUT2D eigenvalue weighted by Gasteiger charge is 2.30. The van der Waals surface area contributed by atoms with Crippen molar-refractivity contribution in [3.05, 3.63) is 243 Å². The van der Waals surface area contributed by atoms with Crippen LogP contribution in [0.3, 0.4) is 0 Å². The van der Waals surface area contributed by atoms with Crippen molar-refractivity contribution in [2.45, 2.75) is 0 Å². The molecule has 2 aromatic heterocycles. The van der Waals surface area contributed by atoms with Gasteiger partial charge in [-0.1, -0.05) is 170 Å². The van der Waals surface area contributed by atoms with Crippen molar-refractivity contribution >= 4 is 88.8 Å². The molecule has 3 heterocycles. The van der Waals surface area contributed by atoms with Gasteiger partial charge in [-0.15, -0.1) is 0 Å². The van der Waals surface area contributed by atoms with Crippen molar-refractivity contribution in [1.29, 1.82) is 0 Å². The second-order valence-corrected chi connectivity index (χ2v) is 17.6. The van der Waals surface area contributed by atoms with E-state index >= 15 is 0 Å². The Bertz CT molecular complexity index is 4100. The van der Waals surface area contributed by atoms with Gasteiger partial charge in [0.2, 0.25) is 0 Å². The number of fused-ring (bicyclic) bond motifs is 8. The van der Waals surface area contributed by atoms with Gasteiger partial charge in [0.25, 0.3) is 0 Å². The zero-order valence-corrected chi connectivity index (χ0v) is 37.2. The Labute approximate surface area is 397 Å². The van der Waals surface area contributed by atoms with E-state index < -0.39 is 0 Å². The Morgan fingerprint density at radius 1 is 0.304 bits per heavy atom. The summed E-state index contributed by atoms with van der Waals surface area (Å²) in [4.78, 5) is 4.58. The van der Waals surface area contributed by atoms with E-state index in [0.717, 1.165) is 128 Å². The van der Waals surface area contributed by atoms with E-state index in [2.05, 4.69) is 228 Å². The number of ether oxygens (including phenoxy) is 1. The summed E-state index contributed by atoms with van der Waals surface area (Å²) in [6, 6.07) is 85.4. The Morgan fingerprint density at radius 3 is 1.41 bits per heavy atom. The van der Waals surface area contributed by atoms with Gasteiger partial charge in [-0.05, 0) is 99.9 Å². The van der Waals surface area contributed by atoms with Crippen molar-refractivity contribution in [2.24, 2.45) is 0 Å². The lowest BCUT2D eigenvalue weighted by atomic mass is 9.93. The SMILES string of the molecule is c1ccc(-c2ccc(N(c3ccc4c(c3)Oc3c(N(c5ccc(-c6ccccc6)cc5)c5cccc6c5oc5ccccc56)ccc5cccc-4c35)c3cccc4c3oc3ccccc34)cc2)cc1. The topological polar surface area (TPSA) is 42.0 Å². The molecule has 0 atom stereocenters. The van der Waals surface area contributed by atoms with Crippen LogP contribution in [0, 0.1) is 0 Å². The van der Waals surface area contributed by atoms with Gasteiger partial charge in [-0.25, -0.2) is 0 Å². The molecule has 0 unspecified atom stereocenters. The van der Waals surface area contributed by atoms with Crippen molar-refractivity contribution in [2.75, 3.05) is 9.80 Å². The zero-order valence-electron chi connectivity index (χ0n) is 37.2. The number of benzene rings is 11. The number of rotatable bonds is 8. The van der Waals surface area contributed by atoms with Gasteiger partial charge in [0.05, 0.1) is 22.7 Å². The summed E-state index contributed by atoms with van der Waals surface area (Å²) in [7, 11) is 0. The van der Waals surface area contributed by atoms with E-state index in [1.165, 1.54) is 5.56 Å². The number of furan rings is 2. The number of anilines is 6. The summed E-state index contributed by atoms with van der Waals surface area (Å²) in [6.45, 7) is 0. The molecule has 324 valence electrons. The number of hydrogen-bond acceptors (Lipinski definition) is 5. The van der Waals surface area contributed by atoms with E-state index in [9.17, 15) is 0 Å². The average Bonchev–Trinajstić information content (AvgIpc) is 4.00. The van der Waals surface area contributed by atoms with E-state index in [1.54, 1.807) is 0 Å². The van der Waals surface area contributed by atoms with Crippen molar-refractivity contribution in [1.82, 2.24) is 0 Å². The van der Waals surface area contributed by atoms with Crippen LogP contribution < -0.4 is 14.5 Å². The minimum Gasteiger partial charge on any atom is -0.454 e. The molecule has 0 saturated heterocycles. The third-order valence-electron chi connectivity index (χ3n) is 13.7. The van der Waals surface area contributed by atoms with Gasteiger partial charge in [-0.3, -0.25) is 0 Å². The number of hydrogen-bond donors (Lipinski definition) is 0. The molecule has 0 bridgehead atoms. The van der Waals surface area contributed by atoms with Crippen molar-refractivity contribution < 1.29 is 13.6 Å². The molecule has 13 aromatic rings. The molecular formula is C64H40N2O3. The summed E-state index contributed by atoms with van der Waals surface area (Å²) in [5.74, 6) is 1.52. The van der Waals surface area contributed by atoms with Crippen LogP contribution in [0.5, 0.6) is 11.5 Å². The normalized spacial score (nSPS) is 11.9. The van der Waals surface area contributed by atoms with E-state index in [4.69, 9.17) is 13.6 Å². The lowest BCUT2D eigenvalue weighted by Crippen LogP contribution is -2.13. The highest BCUT2D eigenvalue weighted by atomic mass is 16.5. The maximum absolute atomic E-state index is 7.42. The van der Waals surface area contributed by atoms with Crippen LogP contribution in [0.15, 0.2) is 251 Å². The largest absolute Gasteiger partial charge is 0.454 e. The molecule has 0 radical (unpaired) electrons. The molecule has 14 rings (SSSR count). The molecule has 69 heavy (non-hydrogen) atoms. The van der Waals surface area contributed by atoms with Crippen LogP contribution in [0.4, 0.5) is 34.1 Å². The van der Waals surface area contributed by atoms with Crippen molar-refractivity contribution in [3.8, 4) is 44.9 Å². The molecule has 11 aromatic carbocycles. The first-order chi connectivity index (χ1) is 34.2. The molecule has 0 saturated carbocycles. The Morgan fingerprint density at radius 2 is 0.797 bits per heavy atom. The smallest absolute Gasteiger partial charge is 0.159 e. The average molecular weight is 885 g/mol. The third-order valence-corrected chi connectivity index (χ3v) is 13.7. The van der Waals surface area contributed by atoms with Crippen LogP contribution in [-0.4, -0.2) is 0 Å². The van der Waals surface area contributed by atoms with Crippen LogP contribution in [0.25, 0.3) is 88.0 Å². The van der Waals surface area contributed by atoms with Crippen LogP contribution in [0.1, 0.15) is 0 Å². The third kappa shape index (κ3) is 6.32. The zero-order chi connectivity index (χ0) is 45.4. The number of nitrogens with zero attached hydrogens (tertiary/aromatic N) is 2. The van der Waals surface area contributed by atoms with Gasteiger partial charge >= 0.3 is 0 Å². The minimum absolute atomic E-state index is 0.754. The molecule has 1 aliphatic heterocycles. The second-order valence-electron chi connectivity index (χ2n) is 17.6. The molecule has 0 amide bonds. The van der Waals surface area contributed by atoms with E-state index in [-0.39, 0.29) is 0 Å². The van der Waals surface area contributed by atoms with E-state index in [1.807, 2.05) is 24.3 Å². The molecule has 0 spiro atoms. The maximum atomic E-state index is 7.42. The first kappa shape index (κ1) is 38.9. The molecule has 1 aliphatic rings. The monoisotopic (exact) mass is 884 g/mol. The fraction of sp³-hybridized carbons (Fsp3) is 0. The lowest BCUT2D eigenvalue weighted by molar-refractivity contribution is 0.488.